The molecule has 0 aliphatic carbocycles. The van der Waals surface area contributed by atoms with E-state index in [2.05, 4.69) is 0 Å². The fourth-order valence-electron chi connectivity index (χ4n) is 1.59. The summed E-state index contributed by atoms with van der Waals surface area (Å²) in [6, 6.07) is 5.16. The molecule has 0 amide bonds. The normalized spacial score (nSPS) is 14.5. The summed E-state index contributed by atoms with van der Waals surface area (Å²) in [5.41, 5.74) is 1.21. The van der Waals surface area contributed by atoms with Gasteiger partial charge in [-0.3, -0.25) is 0 Å². The van der Waals surface area contributed by atoms with Gasteiger partial charge in [-0.15, -0.1) is 0 Å². The topological polar surface area (TPSA) is 46.5 Å². The molecule has 0 spiro atoms. The van der Waals surface area contributed by atoms with Crippen molar-refractivity contribution < 1.29 is 14.6 Å². The Bertz CT molecular complexity index is 344. The van der Waals surface area contributed by atoms with Crippen molar-refractivity contribution in [2.45, 2.75) is 12.8 Å². The van der Waals surface area contributed by atoms with Crippen LogP contribution < -0.4 is 4.74 Å². The Labute approximate surface area is 76.0 Å². The maximum absolute atomic E-state index is 10.8. The predicted octanol–water partition coefficient (Wildman–Crippen LogP) is 1.71. The molecule has 0 bridgehead atoms. The second-order valence-electron chi connectivity index (χ2n) is 3.04. The van der Waals surface area contributed by atoms with E-state index < -0.39 is 5.97 Å². The molecule has 0 saturated heterocycles. The molecule has 0 saturated carbocycles. The summed E-state index contributed by atoms with van der Waals surface area (Å²) in [5.74, 6) is -0.145. The zero-order valence-electron chi connectivity index (χ0n) is 7.12. The van der Waals surface area contributed by atoms with E-state index in [1.807, 2.05) is 6.07 Å². The van der Waals surface area contributed by atoms with E-state index in [0.29, 0.717) is 12.2 Å². The molecule has 0 radical (unpaired) electrons. The van der Waals surface area contributed by atoms with Crippen molar-refractivity contribution in [3.8, 4) is 5.75 Å². The van der Waals surface area contributed by atoms with Crippen LogP contribution in [-0.4, -0.2) is 17.7 Å². The third-order valence-electron chi connectivity index (χ3n) is 2.19. The Balaban J connectivity index is 2.52. The maximum atomic E-state index is 10.8. The molecule has 2 rings (SSSR count). The number of carbonyl (C=O) groups is 1. The van der Waals surface area contributed by atoms with Crippen LogP contribution in [0.25, 0.3) is 0 Å². The molecule has 13 heavy (non-hydrogen) atoms. The first kappa shape index (κ1) is 8.10. The number of carboxylic acids is 1. The summed E-state index contributed by atoms with van der Waals surface area (Å²) in [6.07, 6.45) is 1.70. The maximum Gasteiger partial charge on any atom is 0.336 e. The molecule has 3 heteroatoms. The van der Waals surface area contributed by atoms with Gasteiger partial charge in [0.1, 0.15) is 5.75 Å². The molecule has 1 heterocycles. The minimum absolute atomic E-state index is 0.372. The van der Waals surface area contributed by atoms with Crippen LogP contribution in [0.2, 0.25) is 0 Å². The summed E-state index contributed by atoms with van der Waals surface area (Å²) in [5, 5.41) is 8.89. The molecule has 0 unspecified atom stereocenters. The van der Waals surface area contributed by atoms with E-state index in [1.165, 1.54) is 0 Å². The quantitative estimate of drug-likeness (QED) is 0.712. The van der Waals surface area contributed by atoms with Gasteiger partial charge in [0.25, 0.3) is 0 Å². The van der Waals surface area contributed by atoms with Crippen LogP contribution in [0.3, 0.4) is 0 Å². The zero-order valence-corrected chi connectivity index (χ0v) is 7.12. The Morgan fingerprint density at radius 1 is 1.46 bits per heavy atom. The molecule has 0 atom stereocenters. The molecule has 3 nitrogen and oxygen atoms in total. The Morgan fingerprint density at radius 2 is 2.31 bits per heavy atom. The minimum Gasteiger partial charge on any atom is -0.493 e. The molecule has 1 aromatic carbocycles. The van der Waals surface area contributed by atoms with E-state index in [9.17, 15) is 4.79 Å². The molecular weight excluding hydrogens is 168 g/mol. The summed E-state index contributed by atoms with van der Waals surface area (Å²) in [4.78, 5) is 10.8. The predicted molar refractivity (Wildman–Crippen MR) is 47.2 cm³/mol. The van der Waals surface area contributed by atoms with E-state index in [1.54, 1.807) is 12.1 Å². The number of ether oxygens (including phenoxy) is 1. The summed E-state index contributed by atoms with van der Waals surface area (Å²) >= 11 is 0. The summed E-state index contributed by atoms with van der Waals surface area (Å²) < 4.78 is 5.35. The summed E-state index contributed by atoms with van der Waals surface area (Å²) in [7, 11) is 0. The lowest BCUT2D eigenvalue weighted by molar-refractivity contribution is 0.0694. The van der Waals surface area contributed by atoms with Gasteiger partial charge in [-0.05, 0) is 25.0 Å². The van der Waals surface area contributed by atoms with Crippen molar-refractivity contribution in [1.82, 2.24) is 0 Å². The number of aromatic carboxylic acids is 1. The first-order valence-corrected chi connectivity index (χ1v) is 4.27. The number of hydrogen-bond donors (Lipinski definition) is 1. The number of carboxylic acid groups (broad SMARTS) is 1. The van der Waals surface area contributed by atoms with Crippen molar-refractivity contribution >= 4 is 5.97 Å². The van der Waals surface area contributed by atoms with Crippen LogP contribution in [0.1, 0.15) is 22.3 Å². The Hall–Kier alpha value is -1.51. The van der Waals surface area contributed by atoms with Crippen molar-refractivity contribution in [2.75, 3.05) is 6.61 Å². The Kier molecular flexibility index (Phi) is 1.93. The van der Waals surface area contributed by atoms with Gasteiger partial charge in [0, 0.05) is 5.56 Å². The van der Waals surface area contributed by atoms with Crippen molar-refractivity contribution in [3.05, 3.63) is 29.3 Å². The molecule has 1 N–H and O–H groups in total. The third-order valence-corrected chi connectivity index (χ3v) is 2.19. The van der Waals surface area contributed by atoms with Crippen molar-refractivity contribution in [3.63, 3.8) is 0 Å². The first-order valence-electron chi connectivity index (χ1n) is 4.27. The lowest BCUT2D eigenvalue weighted by Crippen LogP contribution is -2.12. The average molecular weight is 178 g/mol. The average Bonchev–Trinajstić information content (AvgIpc) is 2.17. The standard InChI is InChI=1S/C10H10O3/c11-10(12)8-3-1-5-9-7(8)4-2-6-13-9/h1,3,5H,2,4,6H2,(H,11,12). The van der Waals surface area contributed by atoms with Gasteiger partial charge in [-0.2, -0.15) is 0 Å². The molecule has 1 aliphatic rings. The van der Waals surface area contributed by atoms with Crippen LogP contribution in [0.4, 0.5) is 0 Å². The van der Waals surface area contributed by atoms with Gasteiger partial charge in [-0.25, -0.2) is 4.79 Å². The zero-order chi connectivity index (χ0) is 9.26. The Morgan fingerprint density at radius 3 is 3.08 bits per heavy atom. The van der Waals surface area contributed by atoms with Gasteiger partial charge in [0.15, 0.2) is 0 Å². The van der Waals surface area contributed by atoms with Crippen LogP contribution in [-0.2, 0) is 6.42 Å². The van der Waals surface area contributed by atoms with Crippen LogP contribution >= 0.6 is 0 Å². The molecule has 68 valence electrons. The van der Waals surface area contributed by atoms with E-state index >= 15 is 0 Å². The lowest BCUT2D eigenvalue weighted by Gasteiger charge is -2.18. The lowest BCUT2D eigenvalue weighted by atomic mass is 10.0. The molecule has 0 aromatic heterocycles. The van der Waals surface area contributed by atoms with Gasteiger partial charge in [0.2, 0.25) is 0 Å². The molecular formula is C10H10O3. The van der Waals surface area contributed by atoms with Crippen LogP contribution in [0, 0.1) is 0 Å². The summed E-state index contributed by atoms with van der Waals surface area (Å²) in [6.45, 7) is 0.691. The highest BCUT2D eigenvalue weighted by Crippen LogP contribution is 2.27. The van der Waals surface area contributed by atoms with Gasteiger partial charge in [-0.1, -0.05) is 6.07 Å². The van der Waals surface area contributed by atoms with Gasteiger partial charge in [0.05, 0.1) is 12.2 Å². The molecule has 1 aliphatic heterocycles. The van der Waals surface area contributed by atoms with E-state index in [-0.39, 0.29) is 0 Å². The third kappa shape index (κ3) is 1.37. The van der Waals surface area contributed by atoms with Gasteiger partial charge >= 0.3 is 5.97 Å². The number of benzene rings is 1. The minimum atomic E-state index is -0.873. The monoisotopic (exact) mass is 178 g/mol. The number of hydrogen-bond acceptors (Lipinski definition) is 2. The highest BCUT2D eigenvalue weighted by Gasteiger charge is 2.17. The molecule has 1 aromatic rings. The van der Waals surface area contributed by atoms with Gasteiger partial charge < -0.3 is 9.84 Å². The van der Waals surface area contributed by atoms with Crippen molar-refractivity contribution in [1.29, 1.82) is 0 Å². The van der Waals surface area contributed by atoms with Crippen LogP contribution in [0.5, 0.6) is 5.75 Å². The SMILES string of the molecule is O=C(O)c1cccc2c1CCCO2. The smallest absolute Gasteiger partial charge is 0.336 e. The van der Waals surface area contributed by atoms with E-state index in [4.69, 9.17) is 9.84 Å². The molecule has 0 fully saturated rings. The fraction of sp³-hybridized carbons (Fsp3) is 0.300. The fourth-order valence-corrected chi connectivity index (χ4v) is 1.59. The second kappa shape index (κ2) is 3.09. The van der Waals surface area contributed by atoms with Crippen molar-refractivity contribution in [2.24, 2.45) is 0 Å². The number of rotatable bonds is 1. The number of fused-ring (bicyclic) bond motifs is 1. The first-order chi connectivity index (χ1) is 6.29. The highest BCUT2D eigenvalue weighted by molar-refractivity contribution is 5.90. The van der Waals surface area contributed by atoms with E-state index in [0.717, 1.165) is 24.2 Å². The van der Waals surface area contributed by atoms with Crippen LogP contribution in [0.15, 0.2) is 18.2 Å². The highest BCUT2D eigenvalue weighted by atomic mass is 16.5. The largest absolute Gasteiger partial charge is 0.493 e. The second-order valence-corrected chi connectivity index (χ2v) is 3.04.